The summed E-state index contributed by atoms with van der Waals surface area (Å²) in [6.07, 6.45) is 0.872. The standard InChI is InChI=1S/C16H16N2O2S/c1-10-6-7-12(15(19)17-10)16(20)18-13-8-9-21-14-5-3-2-4-11(13)14/h2-7,13H,8-9H2,1H3,(H,17,19)(H,18,20)/t13-/m0/s1. The van der Waals surface area contributed by atoms with Crippen LogP contribution in [0.15, 0.2) is 46.1 Å². The molecular formula is C16H16N2O2S. The van der Waals surface area contributed by atoms with Crippen LogP contribution in [0.5, 0.6) is 0 Å². The van der Waals surface area contributed by atoms with Crippen LogP contribution >= 0.6 is 11.8 Å². The van der Waals surface area contributed by atoms with E-state index in [1.807, 2.05) is 18.2 Å². The smallest absolute Gasteiger partial charge is 0.260 e. The average molecular weight is 300 g/mol. The lowest BCUT2D eigenvalue weighted by Gasteiger charge is -2.25. The van der Waals surface area contributed by atoms with Gasteiger partial charge in [0.15, 0.2) is 0 Å². The van der Waals surface area contributed by atoms with Crippen LogP contribution in [0.1, 0.15) is 34.1 Å². The summed E-state index contributed by atoms with van der Waals surface area (Å²) in [6, 6.07) is 11.4. The van der Waals surface area contributed by atoms with Crippen molar-refractivity contribution in [2.75, 3.05) is 5.75 Å². The molecule has 21 heavy (non-hydrogen) atoms. The minimum Gasteiger partial charge on any atom is -0.345 e. The van der Waals surface area contributed by atoms with E-state index < -0.39 is 0 Å². The molecule has 0 bridgehead atoms. The molecule has 0 saturated carbocycles. The van der Waals surface area contributed by atoms with Gasteiger partial charge in [0.05, 0.1) is 6.04 Å². The largest absolute Gasteiger partial charge is 0.345 e. The van der Waals surface area contributed by atoms with Gasteiger partial charge in [0.2, 0.25) is 0 Å². The van der Waals surface area contributed by atoms with Crippen LogP contribution < -0.4 is 10.9 Å². The lowest BCUT2D eigenvalue weighted by atomic mass is 10.0. The van der Waals surface area contributed by atoms with Crippen molar-refractivity contribution >= 4 is 17.7 Å². The Balaban J connectivity index is 1.84. The summed E-state index contributed by atoms with van der Waals surface area (Å²) in [4.78, 5) is 28.0. The Bertz CT molecular complexity index is 739. The van der Waals surface area contributed by atoms with Gasteiger partial charge in [-0.1, -0.05) is 18.2 Å². The number of rotatable bonds is 2. The summed E-state index contributed by atoms with van der Waals surface area (Å²) in [5.41, 5.74) is 1.70. The van der Waals surface area contributed by atoms with Crippen molar-refractivity contribution in [3.63, 3.8) is 0 Å². The van der Waals surface area contributed by atoms with E-state index in [-0.39, 0.29) is 23.1 Å². The zero-order valence-corrected chi connectivity index (χ0v) is 12.5. The predicted octanol–water partition coefficient (Wildman–Crippen LogP) is 2.65. The van der Waals surface area contributed by atoms with Crippen molar-refractivity contribution in [2.45, 2.75) is 24.3 Å². The molecule has 2 heterocycles. The molecular weight excluding hydrogens is 284 g/mol. The quantitative estimate of drug-likeness (QED) is 0.896. The number of aryl methyl sites for hydroxylation is 1. The van der Waals surface area contributed by atoms with E-state index in [1.54, 1.807) is 30.8 Å². The van der Waals surface area contributed by atoms with Gasteiger partial charge in [0.1, 0.15) is 5.56 Å². The number of nitrogens with one attached hydrogen (secondary N) is 2. The number of H-pyrrole nitrogens is 1. The second-order valence-electron chi connectivity index (χ2n) is 5.09. The topological polar surface area (TPSA) is 62.0 Å². The maximum atomic E-state index is 12.3. The first-order valence-electron chi connectivity index (χ1n) is 6.87. The molecule has 5 heteroatoms. The van der Waals surface area contributed by atoms with Gasteiger partial charge >= 0.3 is 0 Å². The van der Waals surface area contributed by atoms with Crippen molar-refractivity contribution < 1.29 is 4.79 Å². The molecule has 1 aromatic carbocycles. The van der Waals surface area contributed by atoms with Gasteiger partial charge in [-0.15, -0.1) is 11.8 Å². The third-order valence-electron chi connectivity index (χ3n) is 3.56. The lowest BCUT2D eigenvalue weighted by Crippen LogP contribution is -2.34. The van der Waals surface area contributed by atoms with E-state index in [4.69, 9.17) is 0 Å². The maximum absolute atomic E-state index is 12.3. The molecule has 4 nitrogen and oxygen atoms in total. The maximum Gasteiger partial charge on any atom is 0.260 e. The molecule has 0 saturated heterocycles. The number of fused-ring (bicyclic) bond motifs is 1. The number of aromatic nitrogens is 1. The first-order valence-corrected chi connectivity index (χ1v) is 7.86. The zero-order chi connectivity index (χ0) is 14.8. The molecule has 108 valence electrons. The van der Waals surface area contributed by atoms with Crippen LogP contribution in [0.3, 0.4) is 0 Å². The molecule has 0 unspecified atom stereocenters. The Morgan fingerprint density at radius 1 is 1.29 bits per heavy atom. The fraction of sp³-hybridized carbons (Fsp3) is 0.250. The van der Waals surface area contributed by atoms with Gasteiger partial charge in [-0.2, -0.15) is 0 Å². The third kappa shape index (κ3) is 2.88. The molecule has 2 N–H and O–H groups in total. The zero-order valence-electron chi connectivity index (χ0n) is 11.7. The van der Waals surface area contributed by atoms with Crippen LogP contribution in [0.25, 0.3) is 0 Å². The molecule has 0 fully saturated rings. The number of thioether (sulfide) groups is 1. The first kappa shape index (κ1) is 13.9. The molecule has 0 radical (unpaired) electrons. The van der Waals surface area contributed by atoms with Gasteiger partial charge < -0.3 is 10.3 Å². The van der Waals surface area contributed by atoms with Gasteiger partial charge in [0, 0.05) is 16.3 Å². The van der Waals surface area contributed by atoms with E-state index in [1.165, 1.54) is 4.90 Å². The highest BCUT2D eigenvalue weighted by atomic mass is 32.2. The van der Waals surface area contributed by atoms with E-state index in [0.717, 1.165) is 23.4 Å². The van der Waals surface area contributed by atoms with E-state index in [2.05, 4.69) is 16.4 Å². The summed E-state index contributed by atoms with van der Waals surface area (Å²) in [6.45, 7) is 1.79. The Labute approximate surface area is 127 Å². The molecule has 0 aliphatic carbocycles. The summed E-state index contributed by atoms with van der Waals surface area (Å²) in [7, 11) is 0. The Kier molecular flexibility index (Phi) is 3.84. The van der Waals surface area contributed by atoms with Crippen molar-refractivity contribution in [2.24, 2.45) is 0 Å². The van der Waals surface area contributed by atoms with E-state index in [0.29, 0.717) is 0 Å². The van der Waals surface area contributed by atoms with Crippen LogP contribution in [-0.2, 0) is 0 Å². The van der Waals surface area contributed by atoms with Crippen LogP contribution in [-0.4, -0.2) is 16.6 Å². The monoisotopic (exact) mass is 300 g/mol. The lowest BCUT2D eigenvalue weighted by molar-refractivity contribution is 0.0933. The molecule has 1 amide bonds. The number of aromatic amines is 1. The van der Waals surface area contributed by atoms with E-state index >= 15 is 0 Å². The van der Waals surface area contributed by atoms with Gasteiger partial charge in [-0.3, -0.25) is 9.59 Å². The molecule has 3 rings (SSSR count). The number of carbonyl (C=O) groups is 1. The summed E-state index contributed by atoms with van der Waals surface area (Å²) < 4.78 is 0. The first-order chi connectivity index (χ1) is 10.1. The number of amides is 1. The third-order valence-corrected chi connectivity index (χ3v) is 4.69. The number of carbonyl (C=O) groups excluding carboxylic acids is 1. The number of hydrogen-bond acceptors (Lipinski definition) is 3. The fourth-order valence-electron chi connectivity index (χ4n) is 2.48. The Morgan fingerprint density at radius 2 is 2.10 bits per heavy atom. The van der Waals surface area contributed by atoms with E-state index in [9.17, 15) is 9.59 Å². The molecule has 2 aromatic rings. The second-order valence-corrected chi connectivity index (χ2v) is 6.22. The average Bonchev–Trinajstić information content (AvgIpc) is 2.47. The van der Waals surface area contributed by atoms with Gasteiger partial charge in [0.25, 0.3) is 11.5 Å². The fourth-order valence-corrected chi connectivity index (χ4v) is 3.60. The minimum atomic E-state index is -0.342. The summed E-state index contributed by atoms with van der Waals surface area (Å²) in [5.74, 6) is 0.648. The van der Waals surface area contributed by atoms with Crippen LogP contribution in [0.4, 0.5) is 0 Å². The number of pyridine rings is 1. The van der Waals surface area contributed by atoms with Crippen molar-refractivity contribution in [1.29, 1.82) is 0 Å². The summed E-state index contributed by atoms with van der Waals surface area (Å²) >= 11 is 1.80. The van der Waals surface area contributed by atoms with Gasteiger partial charge in [-0.25, -0.2) is 0 Å². The van der Waals surface area contributed by atoms with Crippen molar-refractivity contribution in [1.82, 2.24) is 10.3 Å². The summed E-state index contributed by atoms with van der Waals surface area (Å²) in [5, 5.41) is 2.98. The minimum absolute atomic E-state index is 0.0318. The highest BCUT2D eigenvalue weighted by Crippen LogP contribution is 2.35. The molecule has 1 aromatic heterocycles. The molecule has 1 aliphatic rings. The molecule has 0 spiro atoms. The van der Waals surface area contributed by atoms with Crippen LogP contribution in [0, 0.1) is 6.92 Å². The second kappa shape index (κ2) is 5.77. The SMILES string of the molecule is Cc1ccc(C(=O)N[C@H]2CCSc3ccccc32)c(=O)[nH]1. The highest BCUT2D eigenvalue weighted by molar-refractivity contribution is 7.99. The van der Waals surface area contributed by atoms with Crippen LogP contribution in [0.2, 0.25) is 0 Å². The highest BCUT2D eigenvalue weighted by Gasteiger charge is 2.23. The normalized spacial score (nSPS) is 17.1. The molecule has 1 atom stereocenters. The Morgan fingerprint density at radius 3 is 2.90 bits per heavy atom. The number of hydrogen-bond donors (Lipinski definition) is 2. The van der Waals surface area contributed by atoms with Gasteiger partial charge in [-0.05, 0) is 37.1 Å². The van der Waals surface area contributed by atoms with Crippen molar-refractivity contribution in [3.8, 4) is 0 Å². The Hall–Kier alpha value is -2.01. The number of benzene rings is 1. The predicted molar refractivity (Wildman–Crippen MR) is 83.8 cm³/mol. The molecule has 1 aliphatic heterocycles. The van der Waals surface area contributed by atoms with Crippen molar-refractivity contribution in [3.05, 3.63) is 63.6 Å².